The molecule has 8 nitrogen and oxygen atoms in total. The molecule has 0 bridgehead atoms. The minimum absolute atomic E-state index is 0.0484. The number of urea groups is 1. The van der Waals surface area contributed by atoms with Crippen LogP contribution in [0.4, 0.5) is 4.79 Å². The third-order valence-electron chi connectivity index (χ3n) is 4.81. The van der Waals surface area contributed by atoms with E-state index in [2.05, 4.69) is 28.3 Å². The summed E-state index contributed by atoms with van der Waals surface area (Å²) in [4.78, 5) is 16.2. The molecule has 3 heterocycles. The first-order valence-electron chi connectivity index (χ1n) is 8.98. The topological polar surface area (TPSA) is 87.5 Å². The predicted octanol–water partition coefficient (Wildman–Crippen LogP) is 0.439. The van der Waals surface area contributed by atoms with Gasteiger partial charge in [-0.1, -0.05) is 13.3 Å². The Hall–Kier alpha value is -1.61. The van der Waals surface area contributed by atoms with Gasteiger partial charge in [0.25, 0.3) is 0 Å². The molecule has 2 aliphatic heterocycles. The monoisotopic (exact) mass is 369 g/mol. The third kappa shape index (κ3) is 4.72. The van der Waals surface area contributed by atoms with Crippen molar-refractivity contribution in [1.29, 1.82) is 0 Å². The highest BCUT2D eigenvalue weighted by molar-refractivity contribution is 7.91. The number of aromatic nitrogens is 2. The standard InChI is InChI=1S/C16H27N5O3S/c1-2-3-4-19-5-6-21-15(13-19)11-14(18-21)12-17-16(22)20-7-9-25(23,24)10-8-20/h11H,2-10,12-13H2,1H3,(H,17,22). The molecule has 25 heavy (non-hydrogen) atoms. The molecular formula is C16H27N5O3S. The van der Waals surface area contributed by atoms with Crippen molar-refractivity contribution < 1.29 is 13.2 Å². The molecule has 0 unspecified atom stereocenters. The molecule has 1 saturated heterocycles. The predicted molar refractivity (Wildman–Crippen MR) is 94.9 cm³/mol. The van der Waals surface area contributed by atoms with Gasteiger partial charge < -0.3 is 10.2 Å². The largest absolute Gasteiger partial charge is 0.332 e. The van der Waals surface area contributed by atoms with Gasteiger partial charge >= 0.3 is 6.03 Å². The minimum Gasteiger partial charge on any atom is -0.332 e. The number of sulfone groups is 1. The number of hydrogen-bond donors (Lipinski definition) is 1. The Morgan fingerprint density at radius 3 is 2.72 bits per heavy atom. The molecule has 2 amide bonds. The summed E-state index contributed by atoms with van der Waals surface area (Å²) in [6.45, 7) is 7.03. The number of rotatable bonds is 5. The van der Waals surface area contributed by atoms with Crippen molar-refractivity contribution in [3.8, 4) is 0 Å². The molecule has 0 radical (unpaired) electrons. The van der Waals surface area contributed by atoms with Crippen LogP contribution in [0.15, 0.2) is 6.07 Å². The van der Waals surface area contributed by atoms with Crippen LogP contribution in [0.5, 0.6) is 0 Å². The van der Waals surface area contributed by atoms with Crippen LogP contribution in [-0.4, -0.2) is 71.7 Å². The van der Waals surface area contributed by atoms with Gasteiger partial charge in [0.1, 0.15) is 0 Å². The lowest BCUT2D eigenvalue weighted by atomic mass is 10.2. The van der Waals surface area contributed by atoms with E-state index in [9.17, 15) is 13.2 Å². The Labute approximate surface area is 149 Å². The molecule has 2 aliphatic rings. The van der Waals surface area contributed by atoms with E-state index in [1.54, 1.807) is 4.90 Å². The molecule has 3 rings (SSSR count). The van der Waals surface area contributed by atoms with E-state index in [4.69, 9.17) is 0 Å². The summed E-state index contributed by atoms with van der Waals surface area (Å²) in [7, 11) is -2.97. The van der Waals surface area contributed by atoms with Gasteiger partial charge in [0.05, 0.1) is 36.0 Å². The van der Waals surface area contributed by atoms with Crippen molar-refractivity contribution in [2.24, 2.45) is 0 Å². The quantitative estimate of drug-likeness (QED) is 0.814. The molecule has 1 N–H and O–H groups in total. The summed E-state index contributed by atoms with van der Waals surface area (Å²) in [5.41, 5.74) is 2.04. The van der Waals surface area contributed by atoms with Crippen LogP contribution >= 0.6 is 0 Å². The second kappa shape index (κ2) is 7.74. The maximum atomic E-state index is 12.2. The molecule has 0 atom stereocenters. The molecular weight excluding hydrogens is 342 g/mol. The van der Waals surface area contributed by atoms with Gasteiger partial charge in [-0.15, -0.1) is 0 Å². The zero-order valence-electron chi connectivity index (χ0n) is 14.8. The number of carbonyl (C=O) groups is 1. The van der Waals surface area contributed by atoms with Gasteiger partial charge in [0.15, 0.2) is 9.84 Å². The first kappa shape index (κ1) is 18.2. The smallest absolute Gasteiger partial charge is 0.317 e. The van der Waals surface area contributed by atoms with Gasteiger partial charge in [-0.25, -0.2) is 13.2 Å². The molecule has 1 aromatic rings. The van der Waals surface area contributed by atoms with E-state index in [0.29, 0.717) is 6.54 Å². The summed E-state index contributed by atoms with van der Waals surface area (Å²) in [5.74, 6) is 0.0968. The Morgan fingerprint density at radius 1 is 1.24 bits per heavy atom. The summed E-state index contributed by atoms with van der Waals surface area (Å²) >= 11 is 0. The van der Waals surface area contributed by atoms with Gasteiger partial charge in [0.2, 0.25) is 0 Å². The highest BCUT2D eigenvalue weighted by Gasteiger charge is 2.25. The molecule has 0 aromatic carbocycles. The molecule has 0 aliphatic carbocycles. The molecule has 140 valence electrons. The first-order valence-corrected chi connectivity index (χ1v) is 10.8. The van der Waals surface area contributed by atoms with Gasteiger partial charge in [0, 0.05) is 26.2 Å². The highest BCUT2D eigenvalue weighted by Crippen LogP contribution is 2.14. The Balaban J connectivity index is 1.50. The molecule has 1 aromatic heterocycles. The molecule has 0 saturated carbocycles. The molecule has 1 fully saturated rings. The summed E-state index contributed by atoms with van der Waals surface area (Å²) < 4.78 is 24.9. The second-order valence-electron chi connectivity index (χ2n) is 6.78. The van der Waals surface area contributed by atoms with Gasteiger partial charge in [-0.05, 0) is 19.0 Å². The van der Waals surface area contributed by atoms with Crippen LogP contribution in [-0.2, 0) is 29.5 Å². The fraction of sp³-hybridized carbons (Fsp3) is 0.750. The van der Waals surface area contributed by atoms with E-state index in [1.165, 1.54) is 18.5 Å². The third-order valence-corrected chi connectivity index (χ3v) is 6.42. The maximum absolute atomic E-state index is 12.2. The van der Waals surface area contributed by atoms with Crippen molar-refractivity contribution in [3.63, 3.8) is 0 Å². The summed E-state index contributed by atoms with van der Waals surface area (Å²) in [6.07, 6.45) is 2.41. The van der Waals surface area contributed by atoms with E-state index in [0.717, 1.165) is 31.9 Å². The Bertz CT molecular complexity index is 701. The average Bonchev–Trinajstić information content (AvgIpc) is 3.00. The summed E-state index contributed by atoms with van der Waals surface area (Å²) in [5, 5.41) is 7.42. The normalized spacial score (nSPS) is 20.3. The number of amides is 2. The minimum atomic E-state index is -2.97. The summed E-state index contributed by atoms with van der Waals surface area (Å²) in [6, 6.07) is 1.84. The molecule has 0 spiro atoms. The van der Waals surface area contributed by atoms with E-state index in [1.807, 2.05) is 4.68 Å². The number of carbonyl (C=O) groups excluding carboxylic acids is 1. The molecule has 9 heteroatoms. The van der Waals surface area contributed by atoms with Gasteiger partial charge in [-0.2, -0.15) is 5.10 Å². The van der Waals surface area contributed by atoms with Crippen LogP contribution < -0.4 is 5.32 Å². The van der Waals surface area contributed by atoms with E-state index >= 15 is 0 Å². The van der Waals surface area contributed by atoms with Crippen LogP contribution in [0.3, 0.4) is 0 Å². The number of nitrogens with zero attached hydrogens (tertiary/aromatic N) is 4. The second-order valence-corrected chi connectivity index (χ2v) is 9.08. The van der Waals surface area contributed by atoms with Crippen molar-refractivity contribution in [3.05, 3.63) is 17.5 Å². The number of nitrogens with one attached hydrogen (secondary N) is 1. The first-order chi connectivity index (χ1) is 12.0. The fourth-order valence-electron chi connectivity index (χ4n) is 3.23. The van der Waals surface area contributed by atoms with Crippen LogP contribution in [0.25, 0.3) is 0 Å². The lowest BCUT2D eigenvalue weighted by Gasteiger charge is -2.27. The van der Waals surface area contributed by atoms with Crippen molar-refractivity contribution in [1.82, 2.24) is 24.9 Å². The SMILES string of the molecule is CCCCN1CCn2nc(CNC(=O)N3CCS(=O)(=O)CC3)cc2C1. The Kier molecular flexibility index (Phi) is 5.63. The lowest BCUT2D eigenvalue weighted by molar-refractivity contribution is 0.201. The number of fused-ring (bicyclic) bond motifs is 1. The number of unbranched alkanes of at least 4 members (excludes halogenated alkanes) is 1. The number of hydrogen-bond acceptors (Lipinski definition) is 5. The van der Waals surface area contributed by atoms with E-state index < -0.39 is 9.84 Å². The van der Waals surface area contributed by atoms with Crippen LogP contribution in [0, 0.1) is 0 Å². The van der Waals surface area contributed by atoms with Crippen molar-refractivity contribution in [2.45, 2.75) is 39.4 Å². The Morgan fingerprint density at radius 2 is 2.00 bits per heavy atom. The lowest BCUT2D eigenvalue weighted by Crippen LogP contribution is -2.48. The maximum Gasteiger partial charge on any atom is 0.317 e. The zero-order chi connectivity index (χ0) is 17.9. The zero-order valence-corrected chi connectivity index (χ0v) is 15.6. The average molecular weight is 369 g/mol. The van der Waals surface area contributed by atoms with Gasteiger partial charge in [-0.3, -0.25) is 9.58 Å². The van der Waals surface area contributed by atoms with Crippen LogP contribution in [0.1, 0.15) is 31.2 Å². The van der Waals surface area contributed by atoms with Crippen LogP contribution in [0.2, 0.25) is 0 Å². The highest BCUT2D eigenvalue weighted by atomic mass is 32.2. The fourth-order valence-corrected chi connectivity index (χ4v) is 4.43. The van der Waals surface area contributed by atoms with Crippen molar-refractivity contribution in [2.75, 3.05) is 37.7 Å². The van der Waals surface area contributed by atoms with Crippen molar-refractivity contribution >= 4 is 15.9 Å². The van der Waals surface area contributed by atoms with E-state index in [-0.39, 0.29) is 30.6 Å².